The van der Waals surface area contributed by atoms with Crippen LogP contribution >= 0.6 is 0 Å². The van der Waals surface area contributed by atoms with Crippen LogP contribution in [-0.4, -0.2) is 29.8 Å². The van der Waals surface area contributed by atoms with Gasteiger partial charge in [0, 0.05) is 12.6 Å². The van der Waals surface area contributed by atoms with Crippen molar-refractivity contribution in [3.8, 4) is 0 Å². The molecule has 0 radical (unpaired) electrons. The predicted molar refractivity (Wildman–Crippen MR) is 69.1 cm³/mol. The van der Waals surface area contributed by atoms with Crippen molar-refractivity contribution in [3.63, 3.8) is 0 Å². The van der Waals surface area contributed by atoms with Gasteiger partial charge in [0.25, 0.3) is 0 Å². The van der Waals surface area contributed by atoms with Crippen LogP contribution in [-0.2, 0) is 4.74 Å². The Morgan fingerprint density at radius 3 is 2.24 bits per heavy atom. The standard InChI is InChI=1S/C13H26N2O2/c1-12(2,3)17-11(16)15-13(4,5)9-14-10-7-6-8-10/h10,14H,6-9H2,1-5H3,(H,15,16). The minimum absolute atomic E-state index is 0.280. The zero-order valence-corrected chi connectivity index (χ0v) is 11.7. The first-order chi connectivity index (χ1) is 7.68. The molecule has 0 heterocycles. The van der Waals surface area contributed by atoms with Crippen molar-refractivity contribution < 1.29 is 9.53 Å². The van der Waals surface area contributed by atoms with Gasteiger partial charge < -0.3 is 15.4 Å². The van der Waals surface area contributed by atoms with Crippen LogP contribution < -0.4 is 10.6 Å². The van der Waals surface area contributed by atoms with E-state index in [-0.39, 0.29) is 11.6 Å². The summed E-state index contributed by atoms with van der Waals surface area (Å²) in [6.07, 6.45) is 3.47. The van der Waals surface area contributed by atoms with Crippen molar-refractivity contribution in [3.05, 3.63) is 0 Å². The predicted octanol–water partition coefficient (Wildman–Crippen LogP) is 2.43. The largest absolute Gasteiger partial charge is 0.444 e. The lowest BCUT2D eigenvalue weighted by molar-refractivity contribution is 0.0469. The molecule has 1 rings (SSSR count). The monoisotopic (exact) mass is 242 g/mol. The molecular formula is C13H26N2O2. The van der Waals surface area contributed by atoms with Gasteiger partial charge >= 0.3 is 6.09 Å². The van der Waals surface area contributed by atoms with Crippen LogP contribution in [0.5, 0.6) is 0 Å². The first-order valence-electron chi connectivity index (χ1n) is 6.42. The molecule has 0 unspecified atom stereocenters. The van der Waals surface area contributed by atoms with E-state index >= 15 is 0 Å². The van der Waals surface area contributed by atoms with Crippen molar-refractivity contribution >= 4 is 6.09 Å². The summed E-state index contributed by atoms with van der Waals surface area (Å²) < 4.78 is 5.24. The summed E-state index contributed by atoms with van der Waals surface area (Å²) in [4.78, 5) is 11.6. The first kappa shape index (κ1) is 14.3. The van der Waals surface area contributed by atoms with Gasteiger partial charge in [-0.2, -0.15) is 0 Å². The Morgan fingerprint density at radius 1 is 1.24 bits per heavy atom. The molecule has 1 fully saturated rings. The molecule has 0 aromatic carbocycles. The van der Waals surface area contributed by atoms with Crippen LogP contribution in [0.1, 0.15) is 53.9 Å². The fourth-order valence-electron chi connectivity index (χ4n) is 1.64. The molecule has 1 amide bonds. The van der Waals surface area contributed by atoms with Crippen molar-refractivity contribution in [1.29, 1.82) is 0 Å². The molecule has 1 aliphatic rings. The van der Waals surface area contributed by atoms with Crippen molar-refractivity contribution in [2.24, 2.45) is 0 Å². The second-order valence-electron chi connectivity index (χ2n) is 6.52. The maximum Gasteiger partial charge on any atom is 0.408 e. The van der Waals surface area contributed by atoms with E-state index in [4.69, 9.17) is 4.74 Å². The van der Waals surface area contributed by atoms with Gasteiger partial charge in [0.1, 0.15) is 5.60 Å². The van der Waals surface area contributed by atoms with E-state index in [1.165, 1.54) is 19.3 Å². The average Bonchev–Trinajstić information content (AvgIpc) is 1.94. The molecule has 0 aromatic rings. The number of carbonyl (C=O) groups is 1. The highest BCUT2D eigenvalue weighted by Gasteiger charge is 2.26. The molecule has 0 bridgehead atoms. The molecule has 0 atom stereocenters. The molecule has 0 aromatic heterocycles. The Bertz CT molecular complexity index is 265. The Kier molecular flexibility index (Phi) is 4.42. The van der Waals surface area contributed by atoms with Gasteiger partial charge in [-0.15, -0.1) is 0 Å². The van der Waals surface area contributed by atoms with Gasteiger partial charge in [-0.1, -0.05) is 6.42 Å². The first-order valence-corrected chi connectivity index (χ1v) is 6.42. The van der Waals surface area contributed by atoms with Crippen molar-refractivity contribution in [1.82, 2.24) is 10.6 Å². The minimum Gasteiger partial charge on any atom is -0.444 e. The molecule has 2 N–H and O–H groups in total. The summed E-state index contributed by atoms with van der Waals surface area (Å²) in [5, 5.41) is 6.35. The third kappa shape index (κ3) is 5.91. The summed E-state index contributed by atoms with van der Waals surface area (Å²) in [5.74, 6) is 0. The van der Waals surface area contributed by atoms with Gasteiger partial charge in [0.15, 0.2) is 0 Å². The van der Waals surface area contributed by atoms with E-state index in [0.717, 1.165) is 6.54 Å². The van der Waals surface area contributed by atoms with Gasteiger partial charge in [-0.05, 0) is 47.5 Å². The summed E-state index contributed by atoms with van der Waals surface area (Å²) in [6, 6.07) is 0.634. The van der Waals surface area contributed by atoms with E-state index in [1.807, 2.05) is 34.6 Å². The van der Waals surface area contributed by atoms with Crippen LogP contribution in [0.25, 0.3) is 0 Å². The number of nitrogens with one attached hydrogen (secondary N) is 2. The van der Waals surface area contributed by atoms with Crippen LogP contribution in [0, 0.1) is 0 Å². The highest BCUT2D eigenvalue weighted by atomic mass is 16.6. The second kappa shape index (κ2) is 5.25. The van der Waals surface area contributed by atoms with Gasteiger partial charge in [-0.25, -0.2) is 4.79 Å². The summed E-state index contributed by atoms with van der Waals surface area (Å²) >= 11 is 0. The van der Waals surface area contributed by atoms with E-state index in [0.29, 0.717) is 6.04 Å². The molecule has 1 saturated carbocycles. The molecule has 0 saturated heterocycles. The zero-order chi connectivity index (χ0) is 13.1. The molecule has 1 aliphatic carbocycles. The Balaban J connectivity index is 2.28. The Morgan fingerprint density at radius 2 is 1.82 bits per heavy atom. The number of carbonyl (C=O) groups excluding carboxylic acids is 1. The summed E-state index contributed by atoms with van der Waals surface area (Å²) in [7, 11) is 0. The van der Waals surface area contributed by atoms with Crippen LogP contribution in [0.3, 0.4) is 0 Å². The fourth-order valence-corrected chi connectivity index (χ4v) is 1.64. The summed E-state index contributed by atoms with van der Waals surface area (Å²) in [5.41, 5.74) is -0.723. The van der Waals surface area contributed by atoms with Crippen LogP contribution in [0.4, 0.5) is 4.79 Å². The van der Waals surface area contributed by atoms with Crippen molar-refractivity contribution in [2.45, 2.75) is 71.1 Å². The van der Waals surface area contributed by atoms with Gasteiger partial charge in [0.2, 0.25) is 0 Å². The zero-order valence-electron chi connectivity index (χ0n) is 11.7. The lowest BCUT2D eigenvalue weighted by atomic mass is 9.92. The van der Waals surface area contributed by atoms with E-state index in [2.05, 4.69) is 10.6 Å². The maximum absolute atomic E-state index is 11.6. The number of rotatable bonds is 4. The van der Waals surface area contributed by atoms with Gasteiger partial charge in [0.05, 0.1) is 5.54 Å². The third-order valence-electron chi connectivity index (χ3n) is 2.78. The molecule has 0 spiro atoms. The quantitative estimate of drug-likeness (QED) is 0.796. The normalized spacial score (nSPS) is 17.5. The molecular weight excluding hydrogens is 216 g/mol. The second-order valence-corrected chi connectivity index (χ2v) is 6.52. The Labute approximate surface area is 104 Å². The van der Waals surface area contributed by atoms with Crippen LogP contribution in [0.15, 0.2) is 0 Å². The molecule has 4 nitrogen and oxygen atoms in total. The van der Waals surface area contributed by atoms with Crippen LogP contribution in [0.2, 0.25) is 0 Å². The lowest BCUT2D eigenvalue weighted by Crippen LogP contribution is -2.54. The maximum atomic E-state index is 11.6. The lowest BCUT2D eigenvalue weighted by Gasteiger charge is -2.33. The number of ether oxygens (including phenoxy) is 1. The van der Waals surface area contributed by atoms with E-state index < -0.39 is 5.60 Å². The highest BCUT2D eigenvalue weighted by molar-refractivity contribution is 5.68. The fraction of sp³-hybridized carbons (Fsp3) is 0.923. The highest BCUT2D eigenvalue weighted by Crippen LogP contribution is 2.18. The molecule has 0 aliphatic heterocycles. The molecule has 17 heavy (non-hydrogen) atoms. The average molecular weight is 242 g/mol. The van der Waals surface area contributed by atoms with Crippen molar-refractivity contribution in [2.75, 3.05) is 6.54 Å². The van der Waals surface area contributed by atoms with Gasteiger partial charge in [-0.3, -0.25) is 0 Å². The van der Waals surface area contributed by atoms with E-state index in [1.54, 1.807) is 0 Å². The number of hydrogen-bond acceptors (Lipinski definition) is 3. The third-order valence-corrected chi connectivity index (χ3v) is 2.78. The number of hydrogen-bond donors (Lipinski definition) is 2. The minimum atomic E-state index is -0.443. The Hall–Kier alpha value is -0.770. The SMILES string of the molecule is CC(C)(CNC1CCC1)NC(=O)OC(C)(C)C. The number of alkyl carbamates (subject to hydrolysis) is 1. The number of amides is 1. The topological polar surface area (TPSA) is 50.4 Å². The smallest absolute Gasteiger partial charge is 0.408 e. The summed E-state index contributed by atoms with van der Waals surface area (Å²) in [6.45, 7) is 10.4. The molecule has 100 valence electrons. The molecule has 4 heteroatoms. The van der Waals surface area contributed by atoms with E-state index in [9.17, 15) is 4.79 Å².